The maximum absolute atomic E-state index is 9.15. The highest BCUT2D eigenvalue weighted by atomic mass is 35.5. The minimum absolute atomic E-state index is 0.133. The van der Waals surface area contributed by atoms with Gasteiger partial charge < -0.3 is 5.11 Å². The minimum Gasteiger partial charge on any atom is -0.506 e. The van der Waals surface area contributed by atoms with Crippen molar-refractivity contribution < 1.29 is 5.11 Å². The number of rotatable bonds is 2. The van der Waals surface area contributed by atoms with Gasteiger partial charge in [0.2, 0.25) is 0 Å². The Bertz CT molecular complexity index is 273. The number of nitrogens with zero attached hydrogens (tertiary/aromatic N) is 1. The summed E-state index contributed by atoms with van der Waals surface area (Å²) in [6, 6.07) is 1.70. The van der Waals surface area contributed by atoms with Gasteiger partial charge in [0.15, 0.2) is 0 Å². The van der Waals surface area contributed by atoms with E-state index in [1.54, 1.807) is 12.1 Å². The van der Waals surface area contributed by atoms with E-state index in [2.05, 4.69) is 11.6 Å². The summed E-state index contributed by atoms with van der Waals surface area (Å²) in [7, 11) is 0. The van der Waals surface area contributed by atoms with Gasteiger partial charge in [-0.05, 0) is 6.07 Å². The molecule has 1 aromatic rings. The molecule has 0 aromatic carbocycles. The Labute approximate surface area is 70.2 Å². The third-order valence-corrected chi connectivity index (χ3v) is 1.60. The maximum atomic E-state index is 9.15. The smallest absolute Gasteiger partial charge is 0.141 e. The Kier molecular flexibility index (Phi) is 2.49. The molecule has 0 unspecified atom stereocenters. The van der Waals surface area contributed by atoms with Crippen LogP contribution in [0.1, 0.15) is 11.3 Å². The van der Waals surface area contributed by atoms with Crippen molar-refractivity contribution in [2.45, 2.75) is 5.88 Å². The molecule has 0 saturated heterocycles. The highest BCUT2D eigenvalue weighted by molar-refractivity contribution is 6.16. The van der Waals surface area contributed by atoms with E-state index in [1.807, 2.05) is 0 Å². The molecule has 0 atom stereocenters. The number of halogens is 1. The Balaban J connectivity index is 3.12. The summed E-state index contributed by atoms with van der Waals surface area (Å²) in [5.74, 6) is 0.482. The molecule has 11 heavy (non-hydrogen) atoms. The first-order valence-electron chi connectivity index (χ1n) is 3.14. The molecule has 1 rings (SSSR count). The summed E-state index contributed by atoms with van der Waals surface area (Å²) in [5, 5.41) is 9.15. The zero-order valence-electron chi connectivity index (χ0n) is 5.92. The van der Waals surface area contributed by atoms with Crippen molar-refractivity contribution in [1.82, 2.24) is 4.98 Å². The fourth-order valence-corrected chi connectivity index (χ4v) is 0.892. The number of aromatic hydroxyl groups is 1. The lowest BCUT2D eigenvalue weighted by molar-refractivity contribution is 0.471. The normalized spacial score (nSPS) is 9.55. The van der Waals surface area contributed by atoms with Gasteiger partial charge in [0.05, 0.1) is 17.8 Å². The van der Waals surface area contributed by atoms with E-state index in [-0.39, 0.29) is 5.75 Å². The highest BCUT2D eigenvalue weighted by Gasteiger charge is 1.98. The van der Waals surface area contributed by atoms with Gasteiger partial charge in [-0.15, -0.1) is 11.6 Å². The fraction of sp³-hybridized carbons (Fsp3) is 0.125. The second kappa shape index (κ2) is 3.39. The highest BCUT2D eigenvalue weighted by Crippen LogP contribution is 2.17. The van der Waals surface area contributed by atoms with E-state index < -0.39 is 0 Å². The monoisotopic (exact) mass is 169 g/mol. The lowest BCUT2D eigenvalue weighted by Crippen LogP contribution is -1.85. The standard InChI is InChI=1S/C8H8ClNO/c1-2-6-3-7(4-9)10-5-8(6)11/h2-3,5,11H,1,4H2. The summed E-state index contributed by atoms with van der Waals surface area (Å²) in [6.45, 7) is 3.54. The van der Waals surface area contributed by atoms with Gasteiger partial charge >= 0.3 is 0 Å². The van der Waals surface area contributed by atoms with Crippen molar-refractivity contribution >= 4 is 17.7 Å². The average Bonchev–Trinajstić information content (AvgIpc) is 2.05. The van der Waals surface area contributed by atoms with E-state index in [9.17, 15) is 0 Å². The molecular weight excluding hydrogens is 162 g/mol. The summed E-state index contributed by atoms with van der Waals surface area (Å²) in [6.07, 6.45) is 2.93. The molecule has 0 bridgehead atoms. The predicted molar refractivity (Wildman–Crippen MR) is 45.5 cm³/mol. The largest absolute Gasteiger partial charge is 0.506 e. The van der Waals surface area contributed by atoms with Gasteiger partial charge in [0.25, 0.3) is 0 Å². The van der Waals surface area contributed by atoms with Crippen LogP contribution in [-0.2, 0) is 5.88 Å². The quantitative estimate of drug-likeness (QED) is 0.689. The van der Waals surface area contributed by atoms with Gasteiger partial charge in [0.1, 0.15) is 5.75 Å². The third kappa shape index (κ3) is 1.71. The molecule has 2 nitrogen and oxygen atoms in total. The topological polar surface area (TPSA) is 33.1 Å². The van der Waals surface area contributed by atoms with Gasteiger partial charge in [-0.1, -0.05) is 12.7 Å². The van der Waals surface area contributed by atoms with Crippen molar-refractivity contribution in [3.8, 4) is 5.75 Å². The van der Waals surface area contributed by atoms with Crippen LogP contribution in [0.2, 0.25) is 0 Å². The first-order chi connectivity index (χ1) is 5.27. The molecule has 1 N–H and O–H groups in total. The summed E-state index contributed by atoms with van der Waals surface area (Å²) in [4.78, 5) is 3.88. The first kappa shape index (κ1) is 8.08. The Morgan fingerprint density at radius 2 is 2.45 bits per heavy atom. The van der Waals surface area contributed by atoms with Crippen LogP contribution in [0.15, 0.2) is 18.8 Å². The Morgan fingerprint density at radius 1 is 1.73 bits per heavy atom. The van der Waals surface area contributed by atoms with E-state index in [1.165, 1.54) is 6.20 Å². The number of alkyl halides is 1. The lowest BCUT2D eigenvalue weighted by Gasteiger charge is -1.99. The van der Waals surface area contributed by atoms with Gasteiger partial charge in [-0.3, -0.25) is 4.98 Å². The number of hydrogen-bond acceptors (Lipinski definition) is 2. The van der Waals surface area contributed by atoms with Crippen LogP contribution in [0.25, 0.3) is 6.08 Å². The van der Waals surface area contributed by atoms with Crippen molar-refractivity contribution in [1.29, 1.82) is 0 Å². The molecule has 58 valence electrons. The van der Waals surface area contributed by atoms with Gasteiger partial charge in [-0.2, -0.15) is 0 Å². The molecule has 1 heterocycles. The van der Waals surface area contributed by atoms with Crippen LogP contribution in [0, 0.1) is 0 Å². The van der Waals surface area contributed by atoms with E-state index in [0.717, 1.165) is 5.69 Å². The zero-order chi connectivity index (χ0) is 8.27. The van der Waals surface area contributed by atoms with Crippen LogP contribution in [0.3, 0.4) is 0 Å². The van der Waals surface area contributed by atoms with Crippen molar-refractivity contribution in [3.63, 3.8) is 0 Å². The SMILES string of the molecule is C=Cc1cc(CCl)ncc1O. The number of hydrogen-bond donors (Lipinski definition) is 1. The molecule has 0 aliphatic carbocycles. The van der Waals surface area contributed by atoms with Crippen molar-refractivity contribution in [3.05, 3.63) is 30.1 Å². The first-order valence-corrected chi connectivity index (χ1v) is 3.67. The van der Waals surface area contributed by atoms with E-state index >= 15 is 0 Å². The molecule has 0 fully saturated rings. The predicted octanol–water partition coefficient (Wildman–Crippen LogP) is 2.17. The average molecular weight is 170 g/mol. The fourth-order valence-electron chi connectivity index (χ4n) is 0.746. The van der Waals surface area contributed by atoms with Crippen LogP contribution in [0.5, 0.6) is 5.75 Å². The van der Waals surface area contributed by atoms with E-state index in [0.29, 0.717) is 11.4 Å². The van der Waals surface area contributed by atoms with Crippen molar-refractivity contribution in [2.75, 3.05) is 0 Å². The van der Waals surface area contributed by atoms with Crippen LogP contribution in [0.4, 0.5) is 0 Å². The second-order valence-corrected chi connectivity index (χ2v) is 2.34. The zero-order valence-corrected chi connectivity index (χ0v) is 6.67. The molecule has 1 aromatic heterocycles. The summed E-state index contributed by atoms with van der Waals surface area (Å²) >= 11 is 5.53. The van der Waals surface area contributed by atoms with E-state index in [4.69, 9.17) is 16.7 Å². The second-order valence-electron chi connectivity index (χ2n) is 2.07. The molecule has 0 saturated carbocycles. The summed E-state index contributed by atoms with van der Waals surface area (Å²) in [5.41, 5.74) is 1.40. The molecule has 0 aliphatic rings. The molecule has 0 aliphatic heterocycles. The summed E-state index contributed by atoms with van der Waals surface area (Å²) < 4.78 is 0. The molecule has 3 heteroatoms. The minimum atomic E-state index is 0.133. The van der Waals surface area contributed by atoms with Crippen LogP contribution >= 0.6 is 11.6 Å². The molecular formula is C8H8ClNO. The molecule has 0 spiro atoms. The van der Waals surface area contributed by atoms with Crippen LogP contribution < -0.4 is 0 Å². The third-order valence-electron chi connectivity index (χ3n) is 1.33. The van der Waals surface area contributed by atoms with Gasteiger partial charge in [0, 0.05) is 5.56 Å². The maximum Gasteiger partial charge on any atom is 0.141 e. The Hall–Kier alpha value is -1.02. The lowest BCUT2D eigenvalue weighted by atomic mass is 10.2. The Morgan fingerprint density at radius 3 is 3.00 bits per heavy atom. The molecule has 0 amide bonds. The van der Waals surface area contributed by atoms with Crippen molar-refractivity contribution in [2.24, 2.45) is 0 Å². The number of aromatic nitrogens is 1. The van der Waals surface area contributed by atoms with Crippen LogP contribution in [-0.4, -0.2) is 10.1 Å². The van der Waals surface area contributed by atoms with Gasteiger partial charge in [-0.25, -0.2) is 0 Å². The number of pyridine rings is 1. The molecule has 0 radical (unpaired) electrons.